The third-order valence-corrected chi connectivity index (χ3v) is 3.22. The van der Waals surface area contributed by atoms with Gasteiger partial charge in [-0.1, -0.05) is 55.1 Å². The molecule has 3 rings (SSSR count). The highest BCUT2D eigenvalue weighted by atomic mass is 16.5. The molecule has 3 heteroatoms. The minimum absolute atomic E-state index is 0.189. The lowest BCUT2D eigenvalue weighted by atomic mass is 10.0. The first-order valence-corrected chi connectivity index (χ1v) is 6.19. The predicted octanol–water partition coefficient (Wildman–Crippen LogP) is 3.79. The lowest BCUT2D eigenvalue weighted by Crippen LogP contribution is -2.04. The van der Waals surface area contributed by atoms with E-state index in [1.165, 1.54) is 0 Å². The number of aromatic hydroxyl groups is 1. The van der Waals surface area contributed by atoms with Gasteiger partial charge in [0.25, 0.3) is 0 Å². The molecule has 0 amide bonds. The number of benzene rings is 3. The molecule has 0 unspecified atom stereocenters. The smallest absolute Gasteiger partial charge is 0.335 e. The summed E-state index contributed by atoms with van der Waals surface area (Å²) < 4.78 is 5.38. The number of phenolic OH excluding ortho intramolecular Hbond substituents is 1. The minimum atomic E-state index is -0.522. The molecule has 0 spiro atoms. The molecule has 1 N–H and O–H groups in total. The number of fused-ring (bicyclic) bond motifs is 2. The Labute approximate surface area is 115 Å². The molecule has 0 aliphatic rings. The van der Waals surface area contributed by atoms with Crippen molar-refractivity contribution in [3.8, 4) is 11.5 Å². The van der Waals surface area contributed by atoms with E-state index in [1.54, 1.807) is 12.1 Å². The molecule has 0 bridgehead atoms. The van der Waals surface area contributed by atoms with Gasteiger partial charge in [0, 0.05) is 27.6 Å². The molecular weight excluding hydrogens is 252 g/mol. The van der Waals surface area contributed by atoms with Crippen LogP contribution in [-0.4, -0.2) is 11.1 Å². The summed E-state index contributed by atoms with van der Waals surface area (Å²) in [7, 11) is 0. The van der Waals surface area contributed by atoms with Gasteiger partial charge in [-0.05, 0) is 0 Å². The quantitative estimate of drug-likeness (QED) is 0.331. The highest BCUT2D eigenvalue weighted by Crippen LogP contribution is 2.41. The van der Waals surface area contributed by atoms with Crippen LogP contribution >= 0.6 is 0 Å². The zero-order valence-corrected chi connectivity index (χ0v) is 10.7. The van der Waals surface area contributed by atoms with Gasteiger partial charge in [-0.2, -0.15) is 0 Å². The van der Waals surface area contributed by atoms with Gasteiger partial charge in [0.2, 0.25) is 0 Å². The van der Waals surface area contributed by atoms with Gasteiger partial charge in [0.05, 0.1) is 0 Å². The number of phenols is 1. The normalized spacial score (nSPS) is 10.6. The molecule has 98 valence electrons. The Bertz CT molecular complexity index is 777. The highest BCUT2D eigenvalue weighted by Gasteiger charge is 2.15. The Hall–Kier alpha value is -2.81. The van der Waals surface area contributed by atoms with Crippen molar-refractivity contribution in [1.82, 2.24) is 0 Å². The van der Waals surface area contributed by atoms with Crippen molar-refractivity contribution in [2.45, 2.75) is 0 Å². The average molecular weight is 264 g/mol. The van der Waals surface area contributed by atoms with Crippen LogP contribution in [0.2, 0.25) is 0 Å². The molecule has 0 fully saturated rings. The van der Waals surface area contributed by atoms with E-state index in [1.807, 2.05) is 36.4 Å². The average Bonchev–Trinajstić information content (AvgIpc) is 2.51. The Morgan fingerprint density at radius 1 is 0.950 bits per heavy atom. The fourth-order valence-electron chi connectivity index (χ4n) is 2.32. The van der Waals surface area contributed by atoms with E-state index >= 15 is 0 Å². The van der Waals surface area contributed by atoms with Crippen LogP contribution in [-0.2, 0) is 4.79 Å². The van der Waals surface area contributed by atoms with E-state index in [0.29, 0.717) is 27.3 Å². The van der Waals surface area contributed by atoms with Crippen LogP contribution in [0.5, 0.6) is 11.5 Å². The van der Waals surface area contributed by atoms with Gasteiger partial charge in [-0.3, -0.25) is 0 Å². The largest absolute Gasteiger partial charge is 0.507 e. The third kappa shape index (κ3) is 1.80. The van der Waals surface area contributed by atoms with Crippen LogP contribution in [0, 0.1) is 0 Å². The fraction of sp³-hybridized carbons (Fsp3) is 0. The number of carbonyl (C=O) groups is 1. The molecule has 0 aliphatic heterocycles. The van der Waals surface area contributed by atoms with E-state index in [0.717, 1.165) is 6.08 Å². The van der Waals surface area contributed by atoms with Crippen LogP contribution in [0.4, 0.5) is 0 Å². The van der Waals surface area contributed by atoms with Gasteiger partial charge < -0.3 is 9.84 Å². The summed E-state index contributed by atoms with van der Waals surface area (Å²) in [6.07, 6.45) is 1.12. The Kier molecular flexibility index (Phi) is 2.88. The second-order valence-corrected chi connectivity index (χ2v) is 4.39. The van der Waals surface area contributed by atoms with Crippen molar-refractivity contribution in [1.29, 1.82) is 0 Å². The van der Waals surface area contributed by atoms with E-state index in [9.17, 15) is 9.90 Å². The monoisotopic (exact) mass is 264 g/mol. The molecule has 20 heavy (non-hydrogen) atoms. The predicted molar refractivity (Wildman–Crippen MR) is 79.0 cm³/mol. The van der Waals surface area contributed by atoms with Crippen molar-refractivity contribution in [2.75, 3.05) is 0 Å². The summed E-state index contributed by atoms with van der Waals surface area (Å²) in [6.45, 7) is 3.41. The zero-order chi connectivity index (χ0) is 14.1. The highest BCUT2D eigenvalue weighted by molar-refractivity contribution is 6.11. The molecule has 0 aliphatic carbocycles. The molecule has 0 radical (unpaired) electrons. The standard InChI is InChI=1S/C17H12O3/c1-2-15(18)20-17-13-9-5-3-7-11(13)16(19)12-8-4-6-10-14(12)17/h2-10,19H,1H2. The number of esters is 1. The molecule has 0 aromatic heterocycles. The summed E-state index contributed by atoms with van der Waals surface area (Å²) in [6, 6.07) is 14.5. The molecular formula is C17H12O3. The molecule has 0 saturated heterocycles. The molecule has 0 atom stereocenters. The Balaban J connectivity index is 2.46. The van der Waals surface area contributed by atoms with Gasteiger partial charge in [-0.15, -0.1) is 0 Å². The maximum Gasteiger partial charge on any atom is 0.335 e. The first kappa shape index (κ1) is 12.2. The van der Waals surface area contributed by atoms with Gasteiger partial charge in [-0.25, -0.2) is 4.79 Å². The summed E-state index contributed by atoms with van der Waals surface area (Å²) >= 11 is 0. The SMILES string of the molecule is C=CC(=O)Oc1c2ccccc2c(O)c2ccccc12. The molecule has 3 aromatic carbocycles. The van der Waals surface area contributed by atoms with Crippen molar-refractivity contribution in [3.63, 3.8) is 0 Å². The maximum absolute atomic E-state index is 11.6. The molecule has 0 saturated carbocycles. The lowest BCUT2D eigenvalue weighted by Gasteiger charge is -2.12. The summed E-state index contributed by atoms with van der Waals surface area (Å²) in [5.41, 5.74) is 0. The van der Waals surface area contributed by atoms with E-state index in [-0.39, 0.29) is 5.75 Å². The summed E-state index contributed by atoms with van der Waals surface area (Å²) in [5.74, 6) is 0.111. The van der Waals surface area contributed by atoms with Gasteiger partial charge in [0.1, 0.15) is 11.5 Å². The van der Waals surface area contributed by atoms with Gasteiger partial charge in [0.15, 0.2) is 0 Å². The maximum atomic E-state index is 11.6. The first-order valence-electron chi connectivity index (χ1n) is 6.19. The Morgan fingerprint density at radius 2 is 1.40 bits per heavy atom. The van der Waals surface area contributed by atoms with E-state index in [2.05, 4.69) is 6.58 Å². The molecule has 0 heterocycles. The topological polar surface area (TPSA) is 46.5 Å². The van der Waals surface area contributed by atoms with Crippen molar-refractivity contribution >= 4 is 27.5 Å². The van der Waals surface area contributed by atoms with Crippen LogP contribution in [0.25, 0.3) is 21.5 Å². The van der Waals surface area contributed by atoms with Crippen LogP contribution in [0.15, 0.2) is 61.2 Å². The third-order valence-electron chi connectivity index (χ3n) is 3.22. The van der Waals surface area contributed by atoms with Crippen molar-refractivity contribution in [3.05, 3.63) is 61.2 Å². The fourth-order valence-corrected chi connectivity index (χ4v) is 2.32. The molecule has 3 nitrogen and oxygen atoms in total. The minimum Gasteiger partial charge on any atom is -0.507 e. The Morgan fingerprint density at radius 3 is 1.85 bits per heavy atom. The number of hydrogen-bond acceptors (Lipinski definition) is 3. The number of carbonyl (C=O) groups excluding carboxylic acids is 1. The summed E-state index contributed by atoms with van der Waals surface area (Å²) in [4.78, 5) is 11.6. The molecule has 3 aromatic rings. The number of ether oxygens (including phenoxy) is 1. The van der Waals surface area contributed by atoms with Gasteiger partial charge >= 0.3 is 5.97 Å². The van der Waals surface area contributed by atoms with E-state index in [4.69, 9.17) is 4.74 Å². The number of hydrogen-bond donors (Lipinski definition) is 1. The van der Waals surface area contributed by atoms with Crippen LogP contribution in [0.3, 0.4) is 0 Å². The first-order chi connectivity index (χ1) is 9.72. The second kappa shape index (κ2) is 4.70. The zero-order valence-electron chi connectivity index (χ0n) is 10.7. The van der Waals surface area contributed by atoms with E-state index < -0.39 is 5.97 Å². The van der Waals surface area contributed by atoms with Crippen molar-refractivity contribution < 1.29 is 14.6 Å². The number of rotatable bonds is 2. The lowest BCUT2D eigenvalue weighted by molar-refractivity contribution is -0.128. The van der Waals surface area contributed by atoms with Crippen molar-refractivity contribution in [2.24, 2.45) is 0 Å². The van der Waals surface area contributed by atoms with Crippen LogP contribution in [0.1, 0.15) is 0 Å². The summed E-state index contributed by atoms with van der Waals surface area (Å²) in [5, 5.41) is 13.1. The second-order valence-electron chi connectivity index (χ2n) is 4.39. The van der Waals surface area contributed by atoms with Crippen LogP contribution < -0.4 is 4.74 Å².